The summed E-state index contributed by atoms with van der Waals surface area (Å²) in [6, 6.07) is 16.1. The zero-order chi connectivity index (χ0) is 19.5. The van der Waals surface area contributed by atoms with Gasteiger partial charge in [0.25, 0.3) is 0 Å². The van der Waals surface area contributed by atoms with Crippen LogP contribution >= 0.6 is 12.2 Å². The molecule has 2 aliphatic heterocycles. The number of nitrogens with zero attached hydrogens (tertiary/aromatic N) is 1. The fraction of sp³-hybridized carbons (Fsp3) is 0.227. The number of ether oxygens (including phenoxy) is 2. The van der Waals surface area contributed by atoms with Crippen LogP contribution in [-0.2, 0) is 0 Å². The van der Waals surface area contributed by atoms with Gasteiger partial charge in [-0.2, -0.15) is 0 Å². The second kappa shape index (κ2) is 7.94. The molecule has 2 atom stereocenters. The van der Waals surface area contributed by atoms with E-state index in [2.05, 4.69) is 33.7 Å². The monoisotopic (exact) mass is 393 g/mol. The van der Waals surface area contributed by atoms with Crippen LogP contribution in [0.5, 0.6) is 11.5 Å². The quantitative estimate of drug-likeness (QED) is 0.769. The van der Waals surface area contributed by atoms with Crippen LogP contribution in [0, 0.1) is 0 Å². The van der Waals surface area contributed by atoms with Gasteiger partial charge in [-0.15, -0.1) is 0 Å². The zero-order valence-corrected chi connectivity index (χ0v) is 16.7. The molecule has 2 aromatic rings. The molecule has 0 aromatic heterocycles. The number of hydrogen-bond acceptors (Lipinski definition) is 4. The van der Waals surface area contributed by atoms with Crippen molar-refractivity contribution in [2.75, 3.05) is 26.1 Å². The molecule has 0 saturated carbocycles. The lowest BCUT2D eigenvalue weighted by atomic mass is 9.91. The molecular weight excluding hydrogens is 370 g/mol. The van der Waals surface area contributed by atoms with E-state index in [0.717, 1.165) is 23.7 Å². The molecule has 6 heteroatoms. The summed E-state index contributed by atoms with van der Waals surface area (Å²) in [4.78, 5) is 2.19. The Labute approximate surface area is 170 Å². The number of para-hydroxylation sites is 1. The highest BCUT2D eigenvalue weighted by Gasteiger charge is 2.39. The molecule has 0 spiro atoms. The van der Waals surface area contributed by atoms with E-state index in [4.69, 9.17) is 21.7 Å². The SMILES string of the molecule is COc1ccc(C2CN(C(=S)Nc3ccccc3)C3NC=CC=C23)cc1OC. The molecule has 4 rings (SSSR count). The zero-order valence-electron chi connectivity index (χ0n) is 15.9. The Balaban J connectivity index is 1.62. The van der Waals surface area contributed by atoms with Crippen LogP contribution in [0.1, 0.15) is 11.5 Å². The highest BCUT2D eigenvalue weighted by molar-refractivity contribution is 7.80. The van der Waals surface area contributed by atoms with Crippen LogP contribution in [-0.4, -0.2) is 36.9 Å². The molecule has 0 radical (unpaired) electrons. The van der Waals surface area contributed by atoms with Gasteiger partial charge in [0, 0.05) is 18.2 Å². The summed E-state index contributed by atoms with van der Waals surface area (Å²) < 4.78 is 10.9. The van der Waals surface area contributed by atoms with Crippen molar-refractivity contribution in [2.24, 2.45) is 0 Å². The number of likely N-dealkylation sites (tertiary alicyclic amines) is 1. The first kappa shape index (κ1) is 18.4. The summed E-state index contributed by atoms with van der Waals surface area (Å²) in [6.07, 6.45) is 6.21. The van der Waals surface area contributed by atoms with E-state index in [1.165, 1.54) is 11.1 Å². The number of hydrogen-bond donors (Lipinski definition) is 2. The number of rotatable bonds is 4. The highest BCUT2D eigenvalue weighted by Crippen LogP contribution is 2.40. The predicted octanol–water partition coefficient (Wildman–Crippen LogP) is 3.87. The topological polar surface area (TPSA) is 45.8 Å². The van der Waals surface area contributed by atoms with Crippen molar-refractivity contribution in [3.8, 4) is 11.5 Å². The first-order valence-electron chi connectivity index (χ1n) is 9.18. The van der Waals surface area contributed by atoms with Gasteiger partial charge in [0.15, 0.2) is 16.6 Å². The first-order chi connectivity index (χ1) is 13.7. The summed E-state index contributed by atoms with van der Waals surface area (Å²) >= 11 is 5.73. The van der Waals surface area contributed by atoms with E-state index in [1.54, 1.807) is 14.2 Å². The highest BCUT2D eigenvalue weighted by atomic mass is 32.1. The lowest BCUT2D eigenvalue weighted by Crippen LogP contribution is -2.45. The smallest absolute Gasteiger partial charge is 0.175 e. The van der Waals surface area contributed by atoms with Crippen molar-refractivity contribution in [3.63, 3.8) is 0 Å². The first-order valence-corrected chi connectivity index (χ1v) is 9.59. The van der Waals surface area contributed by atoms with E-state index in [1.807, 2.05) is 48.7 Å². The van der Waals surface area contributed by atoms with Crippen molar-refractivity contribution in [2.45, 2.75) is 12.1 Å². The molecule has 144 valence electrons. The van der Waals surface area contributed by atoms with Crippen LogP contribution < -0.4 is 20.1 Å². The summed E-state index contributed by atoms with van der Waals surface area (Å²) in [5.41, 5.74) is 3.45. The van der Waals surface area contributed by atoms with Crippen molar-refractivity contribution in [1.82, 2.24) is 10.2 Å². The number of thiocarbonyl (C=S) groups is 1. The van der Waals surface area contributed by atoms with Crippen molar-refractivity contribution < 1.29 is 9.47 Å². The number of fused-ring (bicyclic) bond motifs is 1. The van der Waals surface area contributed by atoms with E-state index >= 15 is 0 Å². The number of dihydropyridines is 1. The summed E-state index contributed by atoms with van der Waals surface area (Å²) in [5.74, 6) is 1.67. The van der Waals surface area contributed by atoms with Crippen LogP contribution in [0.4, 0.5) is 5.69 Å². The molecule has 2 heterocycles. The van der Waals surface area contributed by atoms with Gasteiger partial charge in [-0.1, -0.05) is 30.3 Å². The van der Waals surface area contributed by atoms with Gasteiger partial charge in [-0.3, -0.25) is 0 Å². The van der Waals surface area contributed by atoms with Gasteiger partial charge < -0.3 is 25.0 Å². The Morgan fingerprint density at radius 3 is 2.64 bits per heavy atom. The average Bonchev–Trinajstić information content (AvgIpc) is 3.14. The van der Waals surface area contributed by atoms with Gasteiger partial charge in [0.2, 0.25) is 0 Å². The van der Waals surface area contributed by atoms with Crippen molar-refractivity contribution in [3.05, 3.63) is 78.0 Å². The third-order valence-corrected chi connectivity index (χ3v) is 5.48. The molecule has 5 nitrogen and oxygen atoms in total. The van der Waals surface area contributed by atoms with E-state index in [-0.39, 0.29) is 12.1 Å². The van der Waals surface area contributed by atoms with Gasteiger partial charge in [-0.25, -0.2) is 0 Å². The number of anilines is 1. The minimum Gasteiger partial charge on any atom is -0.493 e. The normalized spacial score (nSPS) is 20.1. The number of allylic oxidation sites excluding steroid dienone is 2. The number of benzene rings is 2. The van der Waals surface area contributed by atoms with Gasteiger partial charge in [0.1, 0.15) is 6.17 Å². The summed E-state index contributed by atoms with van der Waals surface area (Å²) in [7, 11) is 3.31. The molecule has 0 amide bonds. The van der Waals surface area contributed by atoms with Gasteiger partial charge in [0.05, 0.1) is 14.2 Å². The standard InChI is InChI=1S/C22H23N3O2S/c1-26-19-11-10-15(13-20(19)27-2)18-14-25(21-17(18)9-6-12-23-21)22(28)24-16-7-4-3-5-8-16/h3-13,18,21,23H,14H2,1-2H3,(H,24,28). The van der Waals surface area contributed by atoms with E-state index in [9.17, 15) is 0 Å². The summed E-state index contributed by atoms with van der Waals surface area (Å²) in [6.45, 7) is 0.777. The Morgan fingerprint density at radius 2 is 1.89 bits per heavy atom. The predicted molar refractivity (Wildman–Crippen MR) is 116 cm³/mol. The Bertz CT molecular complexity index is 927. The number of methoxy groups -OCH3 is 2. The maximum absolute atomic E-state index is 5.73. The molecule has 0 bridgehead atoms. The average molecular weight is 394 g/mol. The Kier molecular flexibility index (Phi) is 5.21. The van der Waals surface area contributed by atoms with Crippen LogP contribution in [0.2, 0.25) is 0 Å². The molecule has 0 aliphatic carbocycles. The largest absolute Gasteiger partial charge is 0.493 e. The Hall–Kier alpha value is -2.99. The number of nitrogens with one attached hydrogen (secondary N) is 2. The molecule has 2 aliphatic rings. The third-order valence-electron chi connectivity index (χ3n) is 5.14. The van der Waals surface area contributed by atoms with Crippen molar-refractivity contribution >= 4 is 23.0 Å². The Morgan fingerprint density at radius 1 is 1.11 bits per heavy atom. The molecule has 1 fully saturated rings. The maximum Gasteiger partial charge on any atom is 0.175 e. The van der Waals surface area contributed by atoms with Crippen LogP contribution in [0.3, 0.4) is 0 Å². The molecule has 2 aromatic carbocycles. The fourth-order valence-corrected chi connectivity index (χ4v) is 4.06. The molecular formula is C22H23N3O2S. The molecule has 28 heavy (non-hydrogen) atoms. The van der Waals surface area contributed by atoms with E-state index < -0.39 is 0 Å². The summed E-state index contributed by atoms with van der Waals surface area (Å²) in [5, 5.41) is 7.50. The third kappa shape index (κ3) is 3.43. The van der Waals surface area contributed by atoms with Crippen molar-refractivity contribution in [1.29, 1.82) is 0 Å². The van der Waals surface area contributed by atoms with Gasteiger partial charge >= 0.3 is 0 Å². The molecule has 2 unspecified atom stereocenters. The lowest BCUT2D eigenvalue weighted by Gasteiger charge is -2.29. The van der Waals surface area contributed by atoms with E-state index in [0.29, 0.717) is 5.11 Å². The lowest BCUT2D eigenvalue weighted by molar-refractivity contribution is 0.354. The van der Waals surface area contributed by atoms with Crippen LogP contribution in [0.25, 0.3) is 0 Å². The second-order valence-electron chi connectivity index (χ2n) is 6.71. The minimum absolute atomic E-state index is 0.0341. The fourth-order valence-electron chi connectivity index (χ4n) is 3.76. The molecule has 2 N–H and O–H groups in total. The maximum atomic E-state index is 5.73. The second-order valence-corrected chi connectivity index (χ2v) is 7.10. The van der Waals surface area contributed by atoms with Gasteiger partial charge in [-0.05, 0) is 59.9 Å². The molecule has 1 saturated heterocycles. The van der Waals surface area contributed by atoms with Crippen LogP contribution in [0.15, 0.2) is 72.5 Å². The minimum atomic E-state index is 0.0341.